The third-order valence-corrected chi connectivity index (χ3v) is 4.04. The number of rotatable bonds is 2. The molecule has 5 heteroatoms. The van der Waals surface area contributed by atoms with Gasteiger partial charge in [0.05, 0.1) is 5.56 Å². The summed E-state index contributed by atoms with van der Waals surface area (Å²) in [6, 6.07) is 13.4. The first-order chi connectivity index (χ1) is 11.2. The van der Waals surface area contributed by atoms with Crippen LogP contribution >= 0.6 is 0 Å². The van der Waals surface area contributed by atoms with Crippen molar-refractivity contribution in [3.8, 4) is 6.07 Å². The first kappa shape index (κ1) is 15.0. The number of piperazine rings is 1. The van der Waals surface area contributed by atoms with Crippen LogP contribution in [0.3, 0.4) is 0 Å². The number of hydrogen-bond acceptors (Lipinski definition) is 4. The summed E-state index contributed by atoms with van der Waals surface area (Å²) in [5, 5.41) is 9.18. The molecule has 0 spiro atoms. The molecule has 1 amide bonds. The fraction of sp³-hybridized carbons (Fsp3) is 0.278. The molecule has 0 radical (unpaired) electrons. The van der Waals surface area contributed by atoms with Crippen molar-refractivity contribution in [2.45, 2.75) is 6.92 Å². The molecule has 0 aliphatic carbocycles. The standard InChI is InChI=1S/C18H18N4O/c1-14-4-2-5-15(12-14)18(23)22-10-8-21(9-11-22)17-16(13-19)6-3-7-20-17/h2-7,12H,8-11H2,1H3. The van der Waals surface area contributed by atoms with Gasteiger partial charge in [0.15, 0.2) is 0 Å². The molecule has 2 aromatic rings. The van der Waals surface area contributed by atoms with E-state index in [9.17, 15) is 10.1 Å². The van der Waals surface area contributed by atoms with Crippen molar-refractivity contribution in [3.05, 3.63) is 59.3 Å². The van der Waals surface area contributed by atoms with E-state index in [-0.39, 0.29) is 5.91 Å². The predicted molar refractivity (Wildman–Crippen MR) is 88.2 cm³/mol. The maximum Gasteiger partial charge on any atom is 0.253 e. The molecule has 23 heavy (non-hydrogen) atoms. The second-order valence-corrected chi connectivity index (χ2v) is 5.64. The Kier molecular flexibility index (Phi) is 4.24. The molecule has 0 atom stereocenters. The Hall–Kier alpha value is -2.87. The highest BCUT2D eigenvalue weighted by molar-refractivity contribution is 5.94. The van der Waals surface area contributed by atoms with Gasteiger partial charge in [-0.25, -0.2) is 4.98 Å². The normalized spacial score (nSPS) is 14.4. The van der Waals surface area contributed by atoms with E-state index in [2.05, 4.69) is 16.0 Å². The van der Waals surface area contributed by atoms with Crippen molar-refractivity contribution in [2.24, 2.45) is 0 Å². The van der Waals surface area contributed by atoms with Crippen LogP contribution in [0.2, 0.25) is 0 Å². The van der Waals surface area contributed by atoms with E-state index in [0.29, 0.717) is 37.6 Å². The van der Waals surface area contributed by atoms with Crippen LogP contribution in [0.15, 0.2) is 42.6 Å². The summed E-state index contributed by atoms with van der Waals surface area (Å²) < 4.78 is 0. The van der Waals surface area contributed by atoms with E-state index in [0.717, 1.165) is 11.1 Å². The van der Waals surface area contributed by atoms with E-state index < -0.39 is 0 Å². The van der Waals surface area contributed by atoms with Crippen LogP contribution in [0.1, 0.15) is 21.5 Å². The first-order valence-electron chi connectivity index (χ1n) is 7.65. The maximum atomic E-state index is 12.6. The van der Waals surface area contributed by atoms with Crippen LogP contribution < -0.4 is 4.90 Å². The Bertz CT molecular complexity index is 758. The van der Waals surface area contributed by atoms with Crippen molar-refractivity contribution in [3.63, 3.8) is 0 Å². The van der Waals surface area contributed by atoms with E-state index in [1.807, 2.05) is 36.1 Å². The van der Waals surface area contributed by atoms with Crippen molar-refractivity contribution in [1.29, 1.82) is 5.26 Å². The topological polar surface area (TPSA) is 60.2 Å². The predicted octanol–water partition coefficient (Wildman–Crippen LogP) is 2.22. The van der Waals surface area contributed by atoms with Gasteiger partial charge in [-0.1, -0.05) is 17.7 Å². The van der Waals surface area contributed by atoms with E-state index in [4.69, 9.17) is 0 Å². The molecule has 5 nitrogen and oxygen atoms in total. The number of hydrogen-bond donors (Lipinski definition) is 0. The van der Waals surface area contributed by atoms with Crippen molar-refractivity contribution >= 4 is 11.7 Å². The summed E-state index contributed by atoms with van der Waals surface area (Å²) in [7, 11) is 0. The van der Waals surface area contributed by atoms with Crippen molar-refractivity contribution < 1.29 is 4.79 Å². The summed E-state index contributed by atoms with van der Waals surface area (Å²) in [5.41, 5.74) is 2.39. The third-order valence-electron chi connectivity index (χ3n) is 4.04. The molecule has 1 aromatic carbocycles. The Morgan fingerprint density at radius 3 is 2.65 bits per heavy atom. The van der Waals surface area contributed by atoms with Crippen LogP contribution in [0.5, 0.6) is 0 Å². The van der Waals surface area contributed by atoms with Gasteiger partial charge in [0, 0.05) is 37.9 Å². The number of pyridine rings is 1. The second kappa shape index (κ2) is 6.49. The molecule has 0 bridgehead atoms. The average Bonchev–Trinajstić information content (AvgIpc) is 2.61. The van der Waals surface area contributed by atoms with Gasteiger partial charge in [0.25, 0.3) is 5.91 Å². The minimum Gasteiger partial charge on any atom is -0.352 e. The Morgan fingerprint density at radius 2 is 1.96 bits per heavy atom. The van der Waals surface area contributed by atoms with Gasteiger partial charge in [0.1, 0.15) is 11.9 Å². The third kappa shape index (κ3) is 3.16. The van der Waals surface area contributed by atoms with Crippen molar-refractivity contribution in [2.75, 3.05) is 31.1 Å². The van der Waals surface area contributed by atoms with Gasteiger partial charge in [-0.05, 0) is 31.2 Å². The lowest BCUT2D eigenvalue weighted by molar-refractivity contribution is 0.0746. The molecule has 0 saturated carbocycles. The summed E-state index contributed by atoms with van der Waals surface area (Å²) in [6.07, 6.45) is 1.69. The molecule has 1 saturated heterocycles. The number of amides is 1. The summed E-state index contributed by atoms with van der Waals surface area (Å²) >= 11 is 0. The van der Waals surface area contributed by atoms with Gasteiger partial charge in [-0.2, -0.15) is 5.26 Å². The number of nitriles is 1. The number of aromatic nitrogens is 1. The largest absolute Gasteiger partial charge is 0.352 e. The zero-order valence-corrected chi connectivity index (χ0v) is 13.1. The zero-order chi connectivity index (χ0) is 16.2. The molecule has 1 aromatic heterocycles. The van der Waals surface area contributed by atoms with Gasteiger partial charge in [0.2, 0.25) is 0 Å². The number of aryl methyl sites for hydroxylation is 1. The lowest BCUT2D eigenvalue weighted by Gasteiger charge is -2.35. The van der Waals surface area contributed by atoms with Crippen LogP contribution in [0.4, 0.5) is 5.82 Å². The molecule has 1 aliphatic heterocycles. The SMILES string of the molecule is Cc1cccc(C(=O)N2CCN(c3ncccc3C#N)CC2)c1. The Morgan fingerprint density at radius 1 is 1.17 bits per heavy atom. The molecule has 0 N–H and O–H groups in total. The van der Waals surface area contributed by atoms with E-state index in [1.165, 1.54) is 0 Å². The smallest absolute Gasteiger partial charge is 0.253 e. The molecule has 1 aliphatic rings. The lowest BCUT2D eigenvalue weighted by atomic mass is 10.1. The molecule has 0 unspecified atom stereocenters. The molecule has 2 heterocycles. The first-order valence-corrected chi connectivity index (χ1v) is 7.65. The lowest BCUT2D eigenvalue weighted by Crippen LogP contribution is -2.49. The highest BCUT2D eigenvalue weighted by Crippen LogP contribution is 2.19. The fourth-order valence-electron chi connectivity index (χ4n) is 2.82. The maximum absolute atomic E-state index is 12.6. The number of carbonyl (C=O) groups excluding carboxylic acids is 1. The minimum absolute atomic E-state index is 0.0647. The highest BCUT2D eigenvalue weighted by atomic mass is 16.2. The fourth-order valence-corrected chi connectivity index (χ4v) is 2.82. The van der Waals surface area contributed by atoms with Gasteiger partial charge in [-0.15, -0.1) is 0 Å². The van der Waals surface area contributed by atoms with Crippen molar-refractivity contribution in [1.82, 2.24) is 9.88 Å². The summed E-state index contributed by atoms with van der Waals surface area (Å²) in [4.78, 5) is 20.8. The molecule has 1 fully saturated rings. The number of carbonyl (C=O) groups is 1. The molecular formula is C18H18N4O. The second-order valence-electron chi connectivity index (χ2n) is 5.64. The van der Waals surface area contributed by atoms with Gasteiger partial charge < -0.3 is 9.80 Å². The average molecular weight is 306 g/mol. The van der Waals surface area contributed by atoms with Gasteiger partial charge >= 0.3 is 0 Å². The zero-order valence-electron chi connectivity index (χ0n) is 13.1. The molecular weight excluding hydrogens is 288 g/mol. The summed E-state index contributed by atoms with van der Waals surface area (Å²) in [5.74, 6) is 0.771. The monoisotopic (exact) mass is 306 g/mol. The van der Waals surface area contributed by atoms with Gasteiger partial charge in [-0.3, -0.25) is 4.79 Å². The van der Waals surface area contributed by atoms with E-state index in [1.54, 1.807) is 18.3 Å². The summed E-state index contributed by atoms with van der Waals surface area (Å²) in [6.45, 7) is 4.62. The quantitative estimate of drug-likeness (QED) is 0.853. The highest BCUT2D eigenvalue weighted by Gasteiger charge is 2.24. The number of nitrogens with zero attached hydrogens (tertiary/aromatic N) is 4. The number of benzene rings is 1. The molecule has 3 rings (SSSR count). The Labute approximate surface area is 135 Å². The van der Waals surface area contributed by atoms with Crippen LogP contribution in [-0.4, -0.2) is 42.0 Å². The van der Waals surface area contributed by atoms with E-state index >= 15 is 0 Å². The van der Waals surface area contributed by atoms with Crippen LogP contribution in [0.25, 0.3) is 0 Å². The van der Waals surface area contributed by atoms with Crippen LogP contribution in [0, 0.1) is 18.3 Å². The Balaban J connectivity index is 1.69. The minimum atomic E-state index is 0.0647. The molecule has 116 valence electrons. The van der Waals surface area contributed by atoms with Crippen LogP contribution in [-0.2, 0) is 0 Å². The number of anilines is 1.